The van der Waals surface area contributed by atoms with Crippen LogP contribution in [0.3, 0.4) is 0 Å². The molecule has 0 amide bonds. The summed E-state index contributed by atoms with van der Waals surface area (Å²) in [6.45, 7) is 7.41. The second-order valence-corrected chi connectivity index (χ2v) is 6.76. The molecule has 1 aromatic rings. The van der Waals surface area contributed by atoms with E-state index in [9.17, 15) is 0 Å². The first-order valence-corrected chi connectivity index (χ1v) is 7.23. The quantitative estimate of drug-likeness (QED) is 0.859. The standard InChI is InChI=1S/C15H26N4/c1-15(2,3)12-6-4-10(5-7-12)14-18-9-11(8-16)13(17)19-14/h9-10,12H,4-8,16H2,1-3H3,(H2,17,18,19). The molecule has 0 radical (unpaired) electrons. The molecule has 0 saturated heterocycles. The molecule has 106 valence electrons. The SMILES string of the molecule is CC(C)(C)C1CCC(c2ncc(CN)c(N)n2)CC1. The highest BCUT2D eigenvalue weighted by molar-refractivity contribution is 5.37. The number of anilines is 1. The Kier molecular flexibility index (Phi) is 4.09. The molecule has 1 aliphatic carbocycles. The first kappa shape index (κ1) is 14.3. The van der Waals surface area contributed by atoms with E-state index in [1.54, 1.807) is 6.20 Å². The molecule has 1 fully saturated rings. The smallest absolute Gasteiger partial charge is 0.133 e. The lowest BCUT2D eigenvalue weighted by Crippen LogP contribution is -2.26. The number of nitrogens with zero attached hydrogens (tertiary/aromatic N) is 2. The van der Waals surface area contributed by atoms with Gasteiger partial charge in [0.15, 0.2) is 0 Å². The Bertz CT molecular complexity index is 428. The van der Waals surface area contributed by atoms with Gasteiger partial charge in [0, 0.05) is 24.2 Å². The minimum atomic E-state index is 0.406. The van der Waals surface area contributed by atoms with Crippen molar-refractivity contribution in [2.24, 2.45) is 17.1 Å². The molecule has 1 saturated carbocycles. The molecule has 0 atom stereocenters. The predicted molar refractivity (Wildman–Crippen MR) is 78.5 cm³/mol. The van der Waals surface area contributed by atoms with Gasteiger partial charge in [0.2, 0.25) is 0 Å². The minimum Gasteiger partial charge on any atom is -0.383 e. The van der Waals surface area contributed by atoms with Gasteiger partial charge in [-0.15, -0.1) is 0 Å². The number of rotatable bonds is 2. The van der Waals surface area contributed by atoms with E-state index < -0.39 is 0 Å². The van der Waals surface area contributed by atoms with E-state index >= 15 is 0 Å². The summed E-state index contributed by atoms with van der Waals surface area (Å²) in [5.41, 5.74) is 12.7. The van der Waals surface area contributed by atoms with Crippen molar-refractivity contribution in [3.8, 4) is 0 Å². The predicted octanol–water partition coefficient (Wildman–Crippen LogP) is 2.84. The van der Waals surface area contributed by atoms with Crippen LogP contribution in [0.1, 0.15) is 63.8 Å². The highest BCUT2D eigenvalue weighted by atomic mass is 15.0. The zero-order valence-corrected chi connectivity index (χ0v) is 12.3. The van der Waals surface area contributed by atoms with Crippen molar-refractivity contribution in [3.05, 3.63) is 17.6 Å². The van der Waals surface area contributed by atoms with Crippen molar-refractivity contribution in [2.75, 3.05) is 5.73 Å². The Morgan fingerprint density at radius 3 is 2.32 bits per heavy atom. The molecule has 1 heterocycles. The largest absolute Gasteiger partial charge is 0.383 e. The topological polar surface area (TPSA) is 77.8 Å². The Morgan fingerprint density at radius 2 is 1.84 bits per heavy atom. The number of hydrogen-bond donors (Lipinski definition) is 2. The maximum atomic E-state index is 5.90. The van der Waals surface area contributed by atoms with Gasteiger partial charge >= 0.3 is 0 Å². The fourth-order valence-electron chi connectivity index (χ4n) is 3.01. The fourth-order valence-corrected chi connectivity index (χ4v) is 3.01. The summed E-state index contributed by atoms with van der Waals surface area (Å²) in [6.07, 6.45) is 6.65. The lowest BCUT2D eigenvalue weighted by molar-refractivity contribution is 0.167. The maximum absolute atomic E-state index is 5.90. The molecule has 1 aliphatic rings. The van der Waals surface area contributed by atoms with Crippen LogP contribution in [0.2, 0.25) is 0 Å². The zero-order valence-electron chi connectivity index (χ0n) is 12.3. The lowest BCUT2D eigenvalue weighted by Gasteiger charge is -2.36. The van der Waals surface area contributed by atoms with E-state index in [2.05, 4.69) is 30.7 Å². The van der Waals surface area contributed by atoms with E-state index in [1.165, 1.54) is 25.7 Å². The highest BCUT2D eigenvalue weighted by Crippen LogP contribution is 2.42. The minimum absolute atomic E-state index is 0.406. The van der Waals surface area contributed by atoms with Gasteiger partial charge in [-0.1, -0.05) is 20.8 Å². The third kappa shape index (κ3) is 3.24. The van der Waals surface area contributed by atoms with Crippen molar-refractivity contribution in [3.63, 3.8) is 0 Å². The van der Waals surface area contributed by atoms with Crippen molar-refractivity contribution in [1.82, 2.24) is 9.97 Å². The summed E-state index contributed by atoms with van der Waals surface area (Å²) in [5, 5.41) is 0. The third-order valence-electron chi connectivity index (χ3n) is 4.45. The molecule has 2 rings (SSSR count). The molecule has 4 N–H and O–H groups in total. The van der Waals surface area contributed by atoms with Crippen LogP contribution in [0.25, 0.3) is 0 Å². The van der Waals surface area contributed by atoms with Crippen LogP contribution >= 0.6 is 0 Å². The molecule has 19 heavy (non-hydrogen) atoms. The molecular formula is C15H26N4. The van der Waals surface area contributed by atoms with Gasteiger partial charge in [-0.05, 0) is 37.0 Å². The summed E-state index contributed by atoms with van der Waals surface area (Å²) >= 11 is 0. The van der Waals surface area contributed by atoms with Gasteiger partial charge in [-0.3, -0.25) is 0 Å². The Hall–Kier alpha value is -1.16. The molecule has 0 aromatic carbocycles. The molecule has 4 heteroatoms. The van der Waals surface area contributed by atoms with Crippen molar-refractivity contribution in [2.45, 2.75) is 58.9 Å². The van der Waals surface area contributed by atoms with Crippen molar-refractivity contribution >= 4 is 5.82 Å². The first-order valence-electron chi connectivity index (χ1n) is 7.23. The van der Waals surface area contributed by atoms with Crippen LogP contribution in [-0.2, 0) is 6.54 Å². The van der Waals surface area contributed by atoms with E-state index in [0.29, 0.717) is 23.7 Å². The van der Waals surface area contributed by atoms with Gasteiger partial charge in [0.1, 0.15) is 11.6 Å². The third-order valence-corrected chi connectivity index (χ3v) is 4.45. The van der Waals surface area contributed by atoms with E-state index in [4.69, 9.17) is 11.5 Å². The zero-order chi connectivity index (χ0) is 14.0. The Balaban J connectivity index is 2.04. The number of aromatic nitrogens is 2. The number of hydrogen-bond acceptors (Lipinski definition) is 4. The number of nitrogens with two attached hydrogens (primary N) is 2. The maximum Gasteiger partial charge on any atom is 0.133 e. The van der Waals surface area contributed by atoms with E-state index in [1.807, 2.05) is 0 Å². The van der Waals surface area contributed by atoms with Crippen LogP contribution in [0.5, 0.6) is 0 Å². The van der Waals surface area contributed by atoms with Crippen molar-refractivity contribution in [1.29, 1.82) is 0 Å². The van der Waals surface area contributed by atoms with Crippen molar-refractivity contribution < 1.29 is 0 Å². The molecule has 0 unspecified atom stereocenters. The van der Waals surface area contributed by atoms with Crippen LogP contribution in [0, 0.1) is 11.3 Å². The van der Waals surface area contributed by atoms with Gasteiger partial charge in [-0.2, -0.15) is 0 Å². The number of nitrogen functional groups attached to an aromatic ring is 1. The van der Waals surface area contributed by atoms with E-state index in [0.717, 1.165) is 17.3 Å². The Labute approximate surface area is 116 Å². The molecule has 0 aliphatic heterocycles. The van der Waals surface area contributed by atoms with Crippen LogP contribution in [0.15, 0.2) is 6.20 Å². The monoisotopic (exact) mass is 262 g/mol. The van der Waals surface area contributed by atoms with Gasteiger partial charge in [0.05, 0.1) is 0 Å². The fraction of sp³-hybridized carbons (Fsp3) is 0.733. The van der Waals surface area contributed by atoms with Gasteiger partial charge in [0.25, 0.3) is 0 Å². The second kappa shape index (κ2) is 5.45. The molecule has 0 bridgehead atoms. The second-order valence-electron chi connectivity index (χ2n) is 6.76. The average molecular weight is 262 g/mol. The van der Waals surface area contributed by atoms with Gasteiger partial charge < -0.3 is 11.5 Å². The highest BCUT2D eigenvalue weighted by Gasteiger charge is 2.31. The molecule has 0 spiro atoms. The first-order chi connectivity index (χ1) is 8.91. The summed E-state index contributed by atoms with van der Waals surface area (Å²) < 4.78 is 0. The van der Waals surface area contributed by atoms with E-state index in [-0.39, 0.29) is 0 Å². The molecule has 4 nitrogen and oxygen atoms in total. The summed E-state index contributed by atoms with van der Waals surface area (Å²) in [4.78, 5) is 8.89. The van der Waals surface area contributed by atoms with Crippen LogP contribution < -0.4 is 11.5 Å². The molecular weight excluding hydrogens is 236 g/mol. The summed E-state index contributed by atoms with van der Waals surface area (Å²) in [7, 11) is 0. The summed E-state index contributed by atoms with van der Waals surface area (Å²) in [5.74, 6) is 2.73. The normalized spacial score (nSPS) is 24.4. The summed E-state index contributed by atoms with van der Waals surface area (Å²) in [6, 6.07) is 0. The van der Waals surface area contributed by atoms with Gasteiger partial charge in [-0.25, -0.2) is 9.97 Å². The molecule has 1 aromatic heterocycles. The average Bonchev–Trinajstić information content (AvgIpc) is 2.38. The van der Waals surface area contributed by atoms with Crippen LogP contribution in [0.4, 0.5) is 5.82 Å². The lowest BCUT2D eigenvalue weighted by atomic mass is 9.70. The Morgan fingerprint density at radius 1 is 1.21 bits per heavy atom. The van der Waals surface area contributed by atoms with Crippen LogP contribution in [-0.4, -0.2) is 9.97 Å².